The van der Waals surface area contributed by atoms with E-state index in [1.165, 1.54) is 30.7 Å². The van der Waals surface area contributed by atoms with Gasteiger partial charge in [-0.25, -0.2) is 22.7 Å². The number of pyridine rings is 1. The first kappa shape index (κ1) is 19.2. The molecule has 148 valence electrons. The summed E-state index contributed by atoms with van der Waals surface area (Å²) in [5.74, 6) is 0.990. The number of aryl methyl sites for hydroxylation is 1. The van der Waals surface area contributed by atoms with E-state index in [2.05, 4.69) is 15.1 Å². The molecule has 8 nitrogen and oxygen atoms in total. The summed E-state index contributed by atoms with van der Waals surface area (Å²) < 4.78 is 38.2. The fourth-order valence-corrected chi connectivity index (χ4v) is 4.07. The number of nitrogens with zero attached hydrogens (tertiary/aromatic N) is 4. The molecule has 1 aromatic carbocycles. The minimum atomic E-state index is -4.00. The topological polar surface area (TPSA) is 102 Å². The summed E-state index contributed by atoms with van der Waals surface area (Å²) in [7, 11) is -4.00. The van der Waals surface area contributed by atoms with Gasteiger partial charge in [-0.3, -0.25) is 0 Å². The Morgan fingerprint density at radius 2 is 1.93 bits per heavy atom. The summed E-state index contributed by atoms with van der Waals surface area (Å²) in [4.78, 5) is 8.23. The molecule has 0 radical (unpaired) electrons. The van der Waals surface area contributed by atoms with Gasteiger partial charge in [-0.15, -0.1) is 0 Å². The lowest BCUT2D eigenvalue weighted by atomic mass is 10.2. The van der Waals surface area contributed by atoms with E-state index in [-0.39, 0.29) is 22.4 Å². The quantitative estimate of drug-likeness (QED) is 0.424. The average molecular weight is 431 g/mol. The van der Waals surface area contributed by atoms with Gasteiger partial charge in [0.25, 0.3) is 10.0 Å². The van der Waals surface area contributed by atoms with Crippen molar-refractivity contribution >= 4 is 27.4 Å². The Labute approximate surface area is 171 Å². The van der Waals surface area contributed by atoms with E-state index in [0.717, 1.165) is 9.87 Å². The first-order valence-corrected chi connectivity index (χ1v) is 10.3. The number of hydrogen-bond acceptors (Lipinski definition) is 7. The number of anilines is 1. The number of halogens is 1. The average Bonchev–Trinajstić information content (AvgIpc) is 3.36. The summed E-state index contributed by atoms with van der Waals surface area (Å²) in [6.45, 7) is 1.57. The van der Waals surface area contributed by atoms with Crippen LogP contribution in [0.4, 0.5) is 5.82 Å². The van der Waals surface area contributed by atoms with E-state index < -0.39 is 10.0 Å². The lowest BCUT2D eigenvalue weighted by Gasteiger charge is -2.20. The van der Waals surface area contributed by atoms with Crippen LogP contribution >= 0.6 is 11.6 Å². The Kier molecular flexibility index (Phi) is 5.08. The number of benzene rings is 1. The van der Waals surface area contributed by atoms with Crippen molar-refractivity contribution in [2.45, 2.75) is 18.4 Å². The first-order valence-electron chi connectivity index (χ1n) is 8.51. The van der Waals surface area contributed by atoms with Crippen LogP contribution in [-0.2, 0) is 16.6 Å². The molecular formula is C19H15ClN4O4S. The van der Waals surface area contributed by atoms with Crippen molar-refractivity contribution in [1.82, 2.24) is 15.1 Å². The predicted octanol–water partition coefficient (Wildman–Crippen LogP) is 4.08. The highest BCUT2D eigenvalue weighted by Gasteiger charge is 2.29. The van der Waals surface area contributed by atoms with Crippen LogP contribution < -0.4 is 4.31 Å². The molecule has 3 heterocycles. The third-order valence-electron chi connectivity index (χ3n) is 4.04. The zero-order valence-corrected chi connectivity index (χ0v) is 16.8. The van der Waals surface area contributed by atoms with E-state index in [1.807, 2.05) is 30.3 Å². The van der Waals surface area contributed by atoms with Crippen molar-refractivity contribution in [2.24, 2.45) is 0 Å². The smallest absolute Gasteiger partial charge is 0.267 e. The number of sulfonamides is 1. The number of hydrogen-bond donors (Lipinski definition) is 0. The molecule has 0 spiro atoms. The highest BCUT2D eigenvalue weighted by molar-refractivity contribution is 7.92. The van der Waals surface area contributed by atoms with Crippen LogP contribution in [0.1, 0.15) is 11.5 Å². The number of aromatic nitrogens is 3. The molecule has 0 fully saturated rings. The Balaban J connectivity index is 1.71. The molecule has 0 aliphatic carbocycles. The molecule has 0 bridgehead atoms. The predicted molar refractivity (Wildman–Crippen MR) is 106 cm³/mol. The lowest BCUT2D eigenvalue weighted by Crippen LogP contribution is -2.31. The Hall–Kier alpha value is -3.17. The third-order valence-corrected chi connectivity index (χ3v) is 5.99. The summed E-state index contributed by atoms with van der Waals surface area (Å²) in [5.41, 5.74) is 1.20. The summed E-state index contributed by atoms with van der Waals surface area (Å²) in [6, 6.07) is 13.6. The zero-order valence-electron chi connectivity index (χ0n) is 15.2. The van der Waals surface area contributed by atoms with Crippen molar-refractivity contribution in [3.05, 3.63) is 77.6 Å². The largest absolute Gasteiger partial charge is 0.444 e. The maximum Gasteiger partial charge on any atom is 0.267 e. The molecule has 3 aromatic heterocycles. The molecule has 0 unspecified atom stereocenters. The second-order valence-electron chi connectivity index (χ2n) is 6.13. The van der Waals surface area contributed by atoms with Gasteiger partial charge in [0.05, 0.1) is 6.54 Å². The normalized spacial score (nSPS) is 11.5. The van der Waals surface area contributed by atoms with Gasteiger partial charge < -0.3 is 8.94 Å². The van der Waals surface area contributed by atoms with Gasteiger partial charge in [-0.2, -0.15) is 0 Å². The van der Waals surface area contributed by atoms with Crippen LogP contribution in [0.3, 0.4) is 0 Å². The monoisotopic (exact) mass is 430 g/mol. The van der Waals surface area contributed by atoms with Crippen molar-refractivity contribution in [3.63, 3.8) is 0 Å². The molecule has 0 amide bonds. The van der Waals surface area contributed by atoms with Crippen LogP contribution in [0.25, 0.3) is 11.5 Å². The minimum Gasteiger partial charge on any atom is -0.444 e. The van der Waals surface area contributed by atoms with E-state index in [0.29, 0.717) is 17.3 Å². The highest BCUT2D eigenvalue weighted by atomic mass is 35.5. The molecule has 0 N–H and O–H groups in total. The second-order valence-corrected chi connectivity index (χ2v) is 8.38. The third kappa shape index (κ3) is 4.01. The van der Waals surface area contributed by atoms with Crippen molar-refractivity contribution in [2.75, 3.05) is 4.31 Å². The molecule has 0 saturated carbocycles. The molecule has 0 saturated heterocycles. The van der Waals surface area contributed by atoms with Gasteiger partial charge in [0.2, 0.25) is 5.89 Å². The Bertz CT molecular complexity index is 1220. The minimum absolute atomic E-state index is 0.0330. The molecule has 29 heavy (non-hydrogen) atoms. The molecular weight excluding hydrogens is 416 g/mol. The van der Waals surface area contributed by atoms with Gasteiger partial charge in [0, 0.05) is 17.8 Å². The molecule has 4 aromatic rings. The van der Waals surface area contributed by atoms with Gasteiger partial charge >= 0.3 is 0 Å². The number of oxazole rings is 1. The van der Waals surface area contributed by atoms with Crippen LogP contribution in [-0.4, -0.2) is 23.5 Å². The van der Waals surface area contributed by atoms with Gasteiger partial charge in [-0.1, -0.05) is 35.0 Å². The fraction of sp³-hybridized carbons (Fsp3) is 0.105. The van der Waals surface area contributed by atoms with E-state index in [1.54, 1.807) is 6.92 Å². The van der Waals surface area contributed by atoms with E-state index in [9.17, 15) is 8.42 Å². The fourth-order valence-electron chi connectivity index (χ4n) is 2.64. The maximum atomic E-state index is 13.2. The Morgan fingerprint density at radius 3 is 2.59 bits per heavy atom. The van der Waals surface area contributed by atoms with Crippen LogP contribution in [0.5, 0.6) is 0 Å². The van der Waals surface area contributed by atoms with Crippen molar-refractivity contribution in [1.29, 1.82) is 0 Å². The van der Waals surface area contributed by atoms with Gasteiger partial charge in [0.15, 0.2) is 5.82 Å². The van der Waals surface area contributed by atoms with Crippen LogP contribution in [0.2, 0.25) is 5.15 Å². The second kappa shape index (κ2) is 7.69. The Morgan fingerprint density at radius 1 is 1.14 bits per heavy atom. The molecule has 4 rings (SSSR count). The highest BCUT2D eigenvalue weighted by Crippen LogP contribution is 2.27. The van der Waals surface area contributed by atoms with Gasteiger partial charge in [0.1, 0.15) is 27.8 Å². The van der Waals surface area contributed by atoms with Crippen LogP contribution in [0, 0.1) is 6.92 Å². The van der Waals surface area contributed by atoms with Crippen molar-refractivity contribution < 1.29 is 17.4 Å². The van der Waals surface area contributed by atoms with E-state index >= 15 is 0 Å². The number of rotatable bonds is 6. The summed E-state index contributed by atoms with van der Waals surface area (Å²) in [6.07, 6.45) is 2.60. The molecule has 0 atom stereocenters. The molecule has 0 aliphatic rings. The summed E-state index contributed by atoms with van der Waals surface area (Å²) in [5, 5.41) is 4.04. The van der Waals surface area contributed by atoms with Crippen LogP contribution in [0.15, 0.2) is 74.8 Å². The lowest BCUT2D eigenvalue weighted by molar-refractivity contribution is 0.398. The van der Waals surface area contributed by atoms with E-state index in [4.69, 9.17) is 20.5 Å². The van der Waals surface area contributed by atoms with Gasteiger partial charge in [-0.05, 0) is 31.2 Å². The zero-order chi connectivity index (χ0) is 20.4. The summed E-state index contributed by atoms with van der Waals surface area (Å²) >= 11 is 5.78. The SMILES string of the molecule is Cc1cc(N(Cc2coc(-c3ccccc3)n2)S(=O)(=O)c2ccc(Cl)nc2)no1. The van der Waals surface area contributed by atoms with Crippen molar-refractivity contribution in [3.8, 4) is 11.5 Å². The molecule has 0 aliphatic heterocycles. The standard InChI is InChI=1S/C19H15ClN4O4S/c1-13-9-18(23-28-13)24(29(25,26)16-7-8-17(20)21-10-16)11-15-12-27-19(22-15)14-5-3-2-4-6-14/h2-10,12H,11H2,1H3. The first-order chi connectivity index (χ1) is 13.9. The molecule has 10 heteroatoms. The maximum absolute atomic E-state index is 13.2.